The highest BCUT2D eigenvalue weighted by Gasteiger charge is 2.15. The second-order valence-electron chi connectivity index (χ2n) is 6.06. The van der Waals surface area contributed by atoms with Crippen molar-refractivity contribution in [2.75, 3.05) is 19.2 Å². The van der Waals surface area contributed by atoms with Crippen LogP contribution in [-0.4, -0.2) is 29.6 Å². The van der Waals surface area contributed by atoms with E-state index in [2.05, 4.69) is 10.4 Å². The highest BCUT2D eigenvalue weighted by molar-refractivity contribution is 5.90. The molecule has 1 amide bonds. The SMILES string of the molecule is COc1cccc(NC(=O)Cn2nc(-c3ccc4c(c3)OCO4)ccc2=O)c1. The topological polar surface area (TPSA) is 91.7 Å². The van der Waals surface area contributed by atoms with Crippen LogP contribution in [-0.2, 0) is 11.3 Å². The van der Waals surface area contributed by atoms with Gasteiger partial charge in [0.15, 0.2) is 11.5 Å². The largest absolute Gasteiger partial charge is 0.497 e. The van der Waals surface area contributed by atoms with Gasteiger partial charge in [-0.05, 0) is 36.4 Å². The number of carbonyl (C=O) groups is 1. The number of hydrogen-bond donors (Lipinski definition) is 1. The molecule has 0 radical (unpaired) electrons. The van der Waals surface area contributed by atoms with Crippen LogP contribution < -0.4 is 25.1 Å². The van der Waals surface area contributed by atoms with Crippen molar-refractivity contribution in [2.24, 2.45) is 0 Å². The Balaban J connectivity index is 1.54. The Labute approximate surface area is 160 Å². The van der Waals surface area contributed by atoms with Gasteiger partial charge in [0.25, 0.3) is 5.56 Å². The lowest BCUT2D eigenvalue weighted by Crippen LogP contribution is -2.29. The normalized spacial score (nSPS) is 11.9. The number of fused-ring (bicyclic) bond motifs is 1. The lowest BCUT2D eigenvalue weighted by molar-refractivity contribution is -0.117. The quantitative estimate of drug-likeness (QED) is 0.731. The number of nitrogens with one attached hydrogen (secondary N) is 1. The van der Waals surface area contributed by atoms with Crippen LogP contribution in [0.25, 0.3) is 11.3 Å². The molecule has 0 saturated heterocycles. The summed E-state index contributed by atoms with van der Waals surface area (Å²) in [4.78, 5) is 24.5. The molecule has 1 aliphatic heterocycles. The first-order valence-electron chi connectivity index (χ1n) is 8.54. The number of benzene rings is 2. The molecule has 0 saturated carbocycles. The number of methoxy groups -OCH3 is 1. The fourth-order valence-electron chi connectivity index (χ4n) is 2.81. The molecule has 0 fully saturated rings. The maximum Gasteiger partial charge on any atom is 0.267 e. The van der Waals surface area contributed by atoms with E-state index in [1.165, 1.54) is 6.07 Å². The minimum Gasteiger partial charge on any atom is -0.497 e. The first kappa shape index (κ1) is 17.6. The van der Waals surface area contributed by atoms with E-state index < -0.39 is 0 Å². The molecule has 142 valence electrons. The summed E-state index contributed by atoms with van der Waals surface area (Å²) in [5.41, 5.74) is 1.51. The van der Waals surface area contributed by atoms with Gasteiger partial charge in [0.05, 0.1) is 12.8 Å². The number of ether oxygens (including phenoxy) is 3. The van der Waals surface area contributed by atoms with Crippen LogP contribution in [0.1, 0.15) is 0 Å². The van der Waals surface area contributed by atoms with E-state index in [1.54, 1.807) is 49.6 Å². The molecule has 1 N–H and O–H groups in total. The molecule has 0 aliphatic carbocycles. The number of carbonyl (C=O) groups excluding carboxylic acids is 1. The first-order chi connectivity index (χ1) is 13.6. The van der Waals surface area contributed by atoms with Crippen molar-refractivity contribution in [2.45, 2.75) is 6.54 Å². The number of amides is 1. The zero-order valence-electron chi connectivity index (χ0n) is 15.0. The van der Waals surface area contributed by atoms with Gasteiger partial charge in [-0.25, -0.2) is 4.68 Å². The molecule has 0 spiro atoms. The molecule has 8 nitrogen and oxygen atoms in total. The third kappa shape index (κ3) is 3.66. The Morgan fingerprint density at radius 3 is 2.86 bits per heavy atom. The predicted octanol–water partition coefficient (Wildman–Crippen LogP) is 2.29. The molecule has 1 aliphatic rings. The van der Waals surface area contributed by atoms with Crippen molar-refractivity contribution in [1.29, 1.82) is 0 Å². The van der Waals surface area contributed by atoms with E-state index in [1.807, 2.05) is 6.07 Å². The summed E-state index contributed by atoms with van der Waals surface area (Å²) in [5, 5.41) is 7.04. The molecule has 0 bridgehead atoms. The van der Waals surface area contributed by atoms with Crippen LogP contribution in [0.5, 0.6) is 17.2 Å². The van der Waals surface area contributed by atoms with Gasteiger partial charge >= 0.3 is 0 Å². The molecule has 4 rings (SSSR count). The molecule has 2 aromatic carbocycles. The van der Waals surface area contributed by atoms with Crippen LogP contribution in [0.15, 0.2) is 59.4 Å². The molecule has 3 aromatic rings. The summed E-state index contributed by atoms with van der Waals surface area (Å²) in [5.74, 6) is 1.53. The zero-order valence-corrected chi connectivity index (χ0v) is 15.0. The van der Waals surface area contributed by atoms with Gasteiger partial charge in [0, 0.05) is 23.4 Å². The number of nitrogens with zero attached hydrogens (tertiary/aromatic N) is 2. The van der Waals surface area contributed by atoms with Crippen LogP contribution in [0.3, 0.4) is 0 Å². The van der Waals surface area contributed by atoms with E-state index in [0.29, 0.717) is 28.6 Å². The summed E-state index contributed by atoms with van der Waals surface area (Å²) in [6, 6.07) is 15.3. The summed E-state index contributed by atoms with van der Waals surface area (Å²) in [6.07, 6.45) is 0. The van der Waals surface area contributed by atoms with Gasteiger partial charge in [-0.15, -0.1) is 0 Å². The summed E-state index contributed by atoms with van der Waals surface area (Å²) in [6.45, 7) is -0.0371. The van der Waals surface area contributed by atoms with Gasteiger partial charge in [0.2, 0.25) is 12.7 Å². The molecule has 0 atom stereocenters. The number of anilines is 1. The van der Waals surface area contributed by atoms with Crippen molar-refractivity contribution < 1.29 is 19.0 Å². The number of hydrogen-bond acceptors (Lipinski definition) is 6. The minimum atomic E-state index is -0.370. The van der Waals surface area contributed by atoms with Gasteiger partial charge in [0.1, 0.15) is 12.3 Å². The van der Waals surface area contributed by atoms with Crippen molar-refractivity contribution >= 4 is 11.6 Å². The maximum absolute atomic E-state index is 12.3. The van der Waals surface area contributed by atoms with Gasteiger partial charge < -0.3 is 19.5 Å². The summed E-state index contributed by atoms with van der Waals surface area (Å²) >= 11 is 0. The van der Waals surface area contributed by atoms with E-state index in [4.69, 9.17) is 14.2 Å². The predicted molar refractivity (Wildman–Crippen MR) is 102 cm³/mol. The molecule has 1 aromatic heterocycles. The molecule has 0 unspecified atom stereocenters. The van der Waals surface area contributed by atoms with E-state index in [9.17, 15) is 9.59 Å². The van der Waals surface area contributed by atoms with E-state index in [-0.39, 0.29) is 24.8 Å². The van der Waals surface area contributed by atoms with E-state index in [0.717, 1.165) is 10.2 Å². The third-order valence-electron chi connectivity index (χ3n) is 4.18. The van der Waals surface area contributed by atoms with Gasteiger partial charge in [-0.1, -0.05) is 6.07 Å². The zero-order chi connectivity index (χ0) is 19.5. The summed E-state index contributed by atoms with van der Waals surface area (Å²) < 4.78 is 16.9. The fourth-order valence-corrected chi connectivity index (χ4v) is 2.81. The Morgan fingerprint density at radius 2 is 2.00 bits per heavy atom. The van der Waals surface area contributed by atoms with Crippen molar-refractivity contribution in [1.82, 2.24) is 9.78 Å². The Morgan fingerprint density at radius 1 is 1.14 bits per heavy atom. The average molecular weight is 379 g/mol. The molecule has 2 heterocycles. The number of aromatic nitrogens is 2. The van der Waals surface area contributed by atoms with Crippen LogP contribution >= 0.6 is 0 Å². The van der Waals surface area contributed by atoms with Crippen molar-refractivity contribution in [3.8, 4) is 28.5 Å². The highest BCUT2D eigenvalue weighted by atomic mass is 16.7. The highest BCUT2D eigenvalue weighted by Crippen LogP contribution is 2.35. The van der Waals surface area contributed by atoms with Crippen LogP contribution in [0.4, 0.5) is 5.69 Å². The van der Waals surface area contributed by atoms with E-state index >= 15 is 0 Å². The Hall–Kier alpha value is -3.81. The molecule has 8 heteroatoms. The second kappa shape index (κ2) is 7.43. The monoisotopic (exact) mass is 379 g/mol. The lowest BCUT2D eigenvalue weighted by atomic mass is 10.1. The smallest absolute Gasteiger partial charge is 0.267 e. The van der Waals surface area contributed by atoms with Gasteiger partial charge in [-0.2, -0.15) is 5.10 Å². The van der Waals surface area contributed by atoms with Crippen molar-refractivity contribution in [3.63, 3.8) is 0 Å². The maximum atomic E-state index is 12.3. The molecule has 28 heavy (non-hydrogen) atoms. The third-order valence-corrected chi connectivity index (χ3v) is 4.18. The second-order valence-corrected chi connectivity index (χ2v) is 6.06. The fraction of sp³-hybridized carbons (Fsp3) is 0.150. The van der Waals surface area contributed by atoms with Crippen LogP contribution in [0, 0.1) is 0 Å². The first-order valence-corrected chi connectivity index (χ1v) is 8.54. The van der Waals surface area contributed by atoms with Crippen molar-refractivity contribution in [3.05, 3.63) is 65.0 Å². The Kier molecular flexibility index (Phi) is 4.67. The van der Waals surface area contributed by atoms with Crippen LogP contribution in [0.2, 0.25) is 0 Å². The number of rotatable bonds is 5. The summed E-state index contributed by atoms with van der Waals surface area (Å²) in [7, 11) is 1.55. The minimum absolute atomic E-state index is 0.177. The average Bonchev–Trinajstić information content (AvgIpc) is 3.17. The standard InChI is InChI=1S/C20H17N3O5/c1-26-15-4-2-3-14(10-15)21-19(24)11-23-20(25)8-6-16(22-23)13-5-7-17-18(9-13)28-12-27-17/h2-10H,11-12H2,1H3,(H,21,24). The molecular weight excluding hydrogens is 362 g/mol. The molecular formula is C20H17N3O5. The van der Waals surface area contributed by atoms with Gasteiger partial charge in [-0.3, -0.25) is 9.59 Å². The Bertz CT molecular complexity index is 1090. The lowest BCUT2D eigenvalue weighted by Gasteiger charge is -2.09.